The minimum atomic E-state index is 0.755. The largest absolute Gasteiger partial charge is 0.495 e. The van der Waals surface area contributed by atoms with Gasteiger partial charge in [-0.2, -0.15) is 0 Å². The lowest BCUT2D eigenvalue weighted by molar-refractivity contribution is 0.412. The van der Waals surface area contributed by atoms with Crippen molar-refractivity contribution in [2.75, 3.05) is 12.8 Å². The summed E-state index contributed by atoms with van der Waals surface area (Å²) in [6, 6.07) is 11.5. The molecule has 1 aromatic carbocycles. The van der Waals surface area contributed by atoms with Crippen LogP contribution in [0.3, 0.4) is 0 Å². The van der Waals surface area contributed by atoms with Gasteiger partial charge in [-0.05, 0) is 24.3 Å². The first kappa shape index (κ1) is 10.8. The normalized spacial score (nSPS) is 10.1. The second kappa shape index (κ2) is 4.90. The van der Waals surface area contributed by atoms with Gasteiger partial charge in [0, 0.05) is 10.6 Å². The maximum atomic E-state index is 5.85. The summed E-state index contributed by atoms with van der Waals surface area (Å²) < 4.78 is 5.05. The van der Waals surface area contributed by atoms with Crippen molar-refractivity contribution < 1.29 is 4.74 Å². The molecule has 82 valence electrons. The highest BCUT2D eigenvalue weighted by Gasteiger charge is 2.02. The monoisotopic (exact) mass is 232 g/mol. The summed E-state index contributed by atoms with van der Waals surface area (Å²) in [6.07, 6.45) is 1.70. The molecule has 0 aliphatic rings. The zero-order valence-electron chi connectivity index (χ0n) is 8.88. The van der Waals surface area contributed by atoms with Gasteiger partial charge in [0.1, 0.15) is 10.8 Å². The summed E-state index contributed by atoms with van der Waals surface area (Å²) in [5.74, 6) is 0.755. The summed E-state index contributed by atoms with van der Waals surface area (Å²) >= 11 is 1.54. The van der Waals surface area contributed by atoms with Crippen LogP contribution >= 0.6 is 11.8 Å². The molecule has 0 atom stereocenters. The number of rotatable bonds is 3. The number of anilines is 1. The van der Waals surface area contributed by atoms with Gasteiger partial charge in [-0.3, -0.25) is 0 Å². The van der Waals surface area contributed by atoms with E-state index in [1.165, 1.54) is 0 Å². The number of nitrogens with zero attached hydrogens (tertiary/aromatic N) is 1. The van der Waals surface area contributed by atoms with E-state index in [4.69, 9.17) is 10.5 Å². The Bertz CT molecular complexity index is 471. The van der Waals surface area contributed by atoms with E-state index in [1.54, 1.807) is 25.1 Å². The van der Waals surface area contributed by atoms with Crippen LogP contribution in [0.5, 0.6) is 5.75 Å². The van der Waals surface area contributed by atoms with Gasteiger partial charge in [0.05, 0.1) is 13.3 Å². The smallest absolute Gasteiger partial charge is 0.137 e. The maximum absolute atomic E-state index is 5.85. The van der Waals surface area contributed by atoms with E-state index in [2.05, 4.69) is 4.98 Å². The second-order valence-electron chi connectivity index (χ2n) is 3.18. The number of ether oxygens (including phenoxy) is 1. The third-order valence-electron chi connectivity index (χ3n) is 2.08. The van der Waals surface area contributed by atoms with Gasteiger partial charge >= 0.3 is 0 Å². The second-order valence-corrected chi connectivity index (χ2v) is 4.24. The highest BCUT2D eigenvalue weighted by molar-refractivity contribution is 7.99. The van der Waals surface area contributed by atoms with E-state index in [9.17, 15) is 0 Å². The molecule has 16 heavy (non-hydrogen) atoms. The fourth-order valence-corrected chi connectivity index (χ4v) is 2.03. The van der Waals surface area contributed by atoms with Crippen LogP contribution in [0.1, 0.15) is 0 Å². The highest BCUT2D eigenvalue weighted by atomic mass is 32.2. The molecule has 0 unspecified atom stereocenters. The van der Waals surface area contributed by atoms with E-state index < -0.39 is 0 Å². The molecule has 1 heterocycles. The minimum Gasteiger partial charge on any atom is -0.495 e. The van der Waals surface area contributed by atoms with Crippen molar-refractivity contribution in [3.05, 3.63) is 42.6 Å². The van der Waals surface area contributed by atoms with E-state index in [-0.39, 0.29) is 0 Å². The number of benzene rings is 1. The topological polar surface area (TPSA) is 48.1 Å². The fourth-order valence-electron chi connectivity index (χ4n) is 1.23. The number of nitrogen functional groups attached to an aromatic ring is 1. The van der Waals surface area contributed by atoms with Crippen LogP contribution in [0.4, 0.5) is 5.69 Å². The molecule has 0 amide bonds. The summed E-state index contributed by atoms with van der Waals surface area (Å²) in [5.41, 5.74) is 6.62. The minimum absolute atomic E-state index is 0.755. The molecular weight excluding hydrogens is 220 g/mol. The number of aromatic nitrogens is 1. The zero-order chi connectivity index (χ0) is 11.4. The molecule has 2 rings (SSSR count). The van der Waals surface area contributed by atoms with Crippen LogP contribution in [0.2, 0.25) is 0 Å². The van der Waals surface area contributed by atoms with Gasteiger partial charge < -0.3 is 10.5 Å². The van der Waals surface area contributed by atoms with Gasteiger partial charge in [-0.25, -0.2) is 4.98 Å². The fraction of sp³-hybridized carbons (Fsp3) is 0.0833. The quantitative estimate of drug-likeness (QED) is 0.827. The zero-order valence-corrected chi connectivity index (χ0v) is 9.70. The van der Waals surface area contributed by atoms with Crippen molar-refractivity contribution in [3.63, 3.8) is 0 Å². The SMILES string of the molecule is COc1ccc(Sc2ccccc2N)nc1. The first-order valence-electron chi connectivity index (χ1n) is 4.82. The summed E-state index contributed by atoms with van der Waals surface area (Å²) in [7, 11) is 1.62. The first-order valence-corrected chi connectivity index (χ1v) is 5.63. The van der Waals surface area contributed by atoms with Gasteiger partial charge in [0.2, 0.25) is 0 Å². The Kier molecular flexibility index (Phi) is 3.31. The molecule has 1 aromatic heterocycles. The van der Waals surface area contributed by atoms with Gasteiger partial charge in [0.15, 0.2) is 0 Å². The van der Waals surface area contributed by atoms with Crippen LogP contribution in [0, 0.1) is 0 Å². The van der Waals surface area contributed by atoms with E-state index in [1.807, 2.05) is 36.4 Å². The average molecular weight is 232 g/mol. The Hall–Kier alpha value is -1.68. The molecule has 0 aliphatic carbocycles. The Morgan fingerprint density at radius 2 is 2.00 bits per heavy atom. The Morgan fingerprint density at radius 1 is 1.19 bits per heavy atom. The van der Waals surface area contributed by atoms with E-state index in [0.717, 1.165) is 21.4 Å². The third kappa shape index (κ3) is 2.46. The first-order chi connectivity index (χ1) is 7.79. The summed E-state index contributed by atoms with van der Waals surface area (Å²) in [6.45, 7) is 0. The molecule has 0 fully saturated rings. The maximum Gasteiger partial charge on any atom is 0.137 e. The molecule has 0 saturated heterocycles. The number of para-hydroxylation sites is 1. The van der Waals surface area contributed by atoms with Crippen molar-refractivity contribution in [1.29, 1.82) is 0 Å². The van der Waals surface area contributed by atoms with Crippen molar-refractivity contribution in [3.8, 4) is 5.75 Å². The molecule has 4 heteroatoms. The number of nitrogens with two attached hydrogens (primary N) is 1. The highest BCUT2D eigenvalue weighted by Crippen LogP contribution is 2.30. The number of hydrogen-bond donors (Lipinski definition) is 1. The lowest BCUT2D eigenvalue weighted by atomic mass is 10.3. The molecule has 3 nitrogen and oxygen atoms in total. The van der Waals surface area contributed by atoms with Gasteiger partial charge in [0.25, 0.3) is 0 Å². The van der Waals surface area contributed by atoms with Gasteiger partial charge in [-0.15, -0.1) is 0 Å². The average Bonchev–Trinajstić information content (AvgIpc) is 2.33. The van der Waals surface area contributed by atoms with Crippen LogP contribution in [-0.2, 0) is 0 Å². The van der Waals surface area contributed by atoms with Gasteiger partial charge in [-0.1, -0.05) is 23.9 Å². The molecule has 0 saturated carbocycles. The Morgan fingerprint density at radius 3 is 2.62 bits per heavy atom. The lowest BCUT2D eigenvalue weighted by Crippen LogP contribution is -1.88. The standard InChI is InChI=1S/C12H12N2OS/c1-15-9-6-7-12(14-8-9)16-11-5-3-2-4-10(11)13/h2-8H,13H2,1H3. The summed E-state index contributed by atoms with van der Waals surface area (Å²) in [4.78, 5) is 5.28. The van der Waals surface area contributed by atoms with Crippen LogP contribution in [-0.4, -0.2) is 12.1 Å². The van der Waals surface area contributed by atoms with Crippen molar-refractivity contribution in [1.82, 2.24) is 4.98 Å². The number of hydrogen-bond acceptors (Lipinski definition) is 4. The molecular formula is C12H12N2OS. The molecule has 0 spiro atoms. The molecule has 0 radical (unpaired) electrons. The molecule has 2 N–H and O–H groups in total. The van der Waals surface area contributed by atoms with Crippen LogP contribution < -0.4 is 10.5 Å². The number of pyridine rings is 1. The third-order valence-corrected chi connectivity index (χ3v) is 3.12. The van der Waals surface area contributed by atoms with Crippen LogP contribution in [0.25, 0.3) is 0 Å². The molecule has 2 aromatic rings. The molecule has 0 bridgehead atoms. The number of methoxy groups -OCH3 is 1. The lowest BCUT2D eigenvalue weighted by Gasteiger charge is -2.04. The predicted octanol–water partition coefficient (Wildman–Crippen LogP) is 2.82. The Labute approximate surface area is 98.6 Å². The van der Waals surface area contributed by atoms with Crippen molar-refractivity contribution >= 4 is 17.4 Å². The predicted molar refractivity (Wildman–Crippen MR) is 65.8 cm³/mol. The Balaban J connectivity index is 2.18. The van der Waals surface area contributed by atoms with Crippen LogP contribution in [0.15, 0.2) is 52.5 Å². The van der Waals surface area contributed by atoms with E-state index >= 15 is 0 Å². The van der Waals surface area contributed by atoms with Crippen molar-refractivity contribution in [2.24, 2.45) is 0 Å². The summed E-state index contributed by atoms with van der Waals surface area (Å²) in [5, 5.41) is 0.902. The van der Waals surface area contributed by atoms with Crippen molar-refractivity contribution in [2.45, 2.75) is 9.92 Å². The van der Waals surface area contributed by atoms with E-state index in [0.29, 0.717) is 0 Å². The molecule has 0 aliphatic heterocycles.